The second kappa shape index (κ2) is 7.01. The largest absolute Gasteiger partial charge is 0.507 e. The molecule has 1 aromatic rings. The van der Waals surface area contributed by atoms with Crippen LogP contribution < -0.4 is 5.32 Å². The molecule has 0 aliphatic rings. The van der Waals surface area contributed by atoms with Crippen molar-refractivity contribution in [3.05, 3.63) is 29.3 Å². The molecule has 0 saturated heterocycles. The standard InChI is InChI=1S/C14H21NO3/c1-4-6-11(9-18-3)15-14(17)12-8-5-7-10(2)13(12)16/h5,7-8,11,16H,4,6,9H2,1-3H3,(H,15,17). The van der Waals surface area contributed by atoms with Crippen molar-refractivity contribution in [3.8, 4) is 5.75 Å². The Balaban J connectivity index is 2.77. The highest BCUT2D eigenvalue weighted by molar-refractivity contribution is 5.97. The molecule has 0 radical (unpaired) electrons. The van der Waals surface area contributed by atoms with E-state index in [9.17, 15) is 9.90 Å². The Morgan fingerprint density at radius 2 is 2.22 bits per heavy atom. The van der Waals surface area contributed by atoms with Crippen LogP contribution in [0.15, 0.2) is 18.2 Å². The lowest BCUT2D eigenvalue weighted by molar-refractivity contribution is 0.0889. The van der Waals surface area contributed by atoms with E-state index in [-0.39, 0.29) is 17.7 Å². The number of carbonyl (C=O) groups is 1. The quantitative estimate of drug-likeness (QED) is 0.815. The lowest BCUT2D eigenvalue weighted by atomic mass is 10.1. The van der Waals surface area contributed by atoms with Crippen LogP contribution in [0.4, 0.5) is 0 Å². The molecular weight excluding hydrogens is 230 g/mol. The van der Waals surface area contributed by atoms with Gasteiger partial charge in [0, 0.05) is 7.11 Å². The summed E-state index contributed by atoms with van der Waals surface area (Å²) in [6.07, 6.45) is 1.82. The molecule has 0 saturated carbocycles. The van der Waals surface area contributed by atoms with E-state index in [0.717, 1.165) is 12.8 Å². The number of ether oxygens (including phenoxy) is 1. The van der Waals surface area contributed by atoms with Gasteiger partial charge in [0.05, 0.1) is 18.2 Å². The van der Waals surface area contributed by atoms with Crippen molar-refractivity contribution in [2.75, 3.05) is 13.7 Å². The fraction of sp³-hybridized carbons (Fsp3) is 0.500. The molecule has 1 amide bonds. The number of amides is 1. The van der Waals surface area contributed by atoms with E-state index in [1.54, 1.807) is 32.2 Å². The number of aromatic hydroxyl groups is 1. The monoisotopic (exact) mass is 251 g/mol. The van der Waals surface area contributed by atoms with Gasteiger partial charge in [-0.25, -0.2) is 0 Å². The molecule has 2 N–H and O–H groups in total. The van der Waals surface area contributed by atoms with Crippen LogP contribution in [-0.4, -0.2) is 30.8 Å². The zero-order valence-electron chi connectivity index (χ0n) is 11.2. The average molecular weight is 251 g/mol. The third-order valence-corrected chi connectivity index (χ3v) is 2.82. The number of hydrogen-bond donors (Lipinski definition) is 2. The van der Waals surface area contributed by atoms with Crippen molar-refractivity contribution in [3.63, 3.8) is 0 Å². The molecule has 1 aromatic carbocycles. The molecule has 0 heterocycles. The maximum absolute atomic E-state index is 12.1. The van der Waals surface area contributed by atoms with Gasteiger partial charge in [0.2, 0.25) is 0 Å². The Kier molecular flexibility index (Phi) is 5.65. The third kappa shape index (κ3) is 3.74. The van der Waals surface area contributed by atoms with E-state index in [2.05, 4.69) is 12.2 Å². The summed E-state index contributed by atoms with van der Waals surface area (Å²) in [4.78, 5) is 12.1. The predicted molar refractivity (Wildman–Crippen MR) is 70.9 cm³/mol. The Morgan fingerprint density at radius 3 is 2.83 bits per heavy atom. The molecule has 1 atom stereocenters. The molecular formula is C14H21NO3. The summed E-state index contributed by atoms with van der Waals surface area (Å²) < 4.78 is 5.07. The van der Waals surface area contributed by atoms with Crippen molar-refractivity contribution in [2.24, 2.45) is 0 Å². The second-order valence-corrected chi connectivity index (χ2v) is 4.39. The lowest BCUT2D eigenvalue weighted by Crippen LogP contribution is -2.38. The van der Waals surface area contributed by atoms with Gasteiger partial charge < -0.3 is 15.2 Å². The molecule has 0 aromatic heterocycles. The summed E-state index contributed by atoms with van der Waals surface area (Å²) >= 11 is 0. The highest BCUT2D eigenvalue weighted by Crippen LogP contribution is 2.21. The van der Waals surface area contributed by atoms with Crippen LogP contribution in [0.1, 0.15) is 35.7 Å². The molecule has 1 rings (SSSR count). The highest BCUT2D eigenvalue weighted by Gasteiger charge is 2.16. The maximum Gasteiger partial charge on any atom is 0.255 e. The summed E-state index contributed by atoms with van der Waals surface area (Å²) in [5.74, 6) is -0.214. The molecule has 0 bridgehead atoms. The van der Waals surface area contributed by atoms with E-state index in [1.807, 2.05) is 0 Å². The third-order valence-electron chi connectivity index (χ3n) is 2.82. The molecule has 100 valence electrons. The van der Waals surface area contributed by atoms with Crippen LogP contribution in [0, 0.1) is 6.92 Å². The number of hydrogen-bond acceptors (Lipinski definition) is 3. The van der Waals surface area contributed by atoms with Crippen LogP contribution in [0.5, 0.6) is 5.75 Å². The van der Waals surface area contributed by atoms with Crippen molar-refractivity contribution in [1.29, 1.82) is 0 Å². The first kappa shape index (κ1) is 14.5. The smallest absolute Gasteiger partial charge is 0.255 e. The van der Waals surface area contributed by atoms with Crippen LogP contribution in [-0.2, 0) is 4.74 Å². The zero-order valence-corrected chi connectivity index (χ0v) is 11.2. The number of phenols is 1. The topological polar surface area (TPSA) is 58.6 Å². The van der Waals surface area contributed by atoms with Crippen LogP contribution >= 0.6 is 0 Å². The number of nitrogens with one attached hydrogen (secondary N) is 1. The normalized spacial score (nSPS) is 12.2. The van der Waals surface area contributed by atoms with Gasteiger partial charge in [0.1, 0.15) is 5.75 Å². The van der Waals surface area contributed by atoms with Gasteiger partial charge in [-0.3, -0.25) is 4.79 Å². The fourth-order valence-electron chi connectivity index (χ4n) is 1.85. The number of aryl methyl sites for hydroxylation is 1. The van der Waals surface area contributed by atoms with E-state index in [1.165, 1.54) is 0 Å². The van der Waals surface area contributed by atoms with Crippen molar-refractivity contribution >= 4 is 5.91 Å². The first-order valence-electron chi connectivity index (χ1n) is 6.18. The Hall–Kier alpha value is -1.55. The predicted octanol–water partition coefficient (Wildman–Crippen LogP) is 2.25. The SMILES string of the molecule is CCCC(COC)NC(=O)c1cccc(C)c1O. The molecule has 0 fully saturated rings. The molecule has 0 aliphatic heterocycles. The van der Waals surface area contributed by atoms with Gasteiger partial charge in [-0.05, 0) is 25.0 Å². The Morgan fingerprint density at radius 1 is 1.50 bits per heavy atom. The van der Waals surface area contributed by atoms with Gasteiger partial charge in [0.15, 0.2) is 0 Å². The summed E-state index contributed by atoms with van der Waals surface area (Å²) in [6.45, 7) is 4.30. The van der Waals surface area contributed by atoms with E-state index < -0.39 is 0 Å². The van der Waals surface area contributed by atoms with Gasteiger partial charge >= 0.3 is 0 Å². The van der Waals surface area contributed by atoms with Crippen molar-refractivity contribution < 1.29 is 14.6 Å². The average Bonchev–Trinajstić information content (AvgIpc) is 2.33. The molecule has 18 heavy (non-hydrogen) atoms. The van der Waals surface area contributed by atoms with Gasteiger partial charge in [-0.15, -0.1) is 0 Å². The van der Waals surface area contributed by atoms with Gasteiger partial charge in [-0.2, -0.15) is 0 Å². The Labute approximate surface area is 108 Å². The van der Waals surface area contributed by atoms with Gasteiger partial charge in [-0.1, -0.05) is 25.5 Å². The summed E-state index contributed by atoms with van der Waals surface area (Å²) in [6, 6.07) is 5.13. The first-order valence-corrected chi connectivity index (χ1v) is 6.18. The van der Waals surface area contributed by atoms with Crippen LogP contribution in [0.3, 0.4) is 0 Å². The highest BCUT2D eigenvalue weighted by atomic mass is 16.5. The molecule has 4 nitrogen and oxygen atoms in total. The number of methoxy groups -OCH3 is 1. The fourth-order valence-corrected chi connectivity index (χ4v) is 1.85. The summed E-state index contributed by atoms with van der Waals surface area (Å²) in [5, 5.41) is 12.7. The Bertz CT molecular complexity index is 398. The maximum atomic E-state index is 12.1. The molecule has 4 heteroatoms. The molecule has 0 aliphatic carbocycles. The van der Waals surface area contributed by atoms with Crippen molar-refractivity contribution in [2.45, 2.75) is 32.7 Å². The summed E-state index contributed by atoms with van der Waals surface area (Å²) in [5.41, 5.74) is 1.01. The second-order valence-electron chi connectivity index (χ2n) is 4.39. The summed E-state index contributed by atoms with van der Waals surface area (Å²) in [7, 11) is 1.61. The van der Waals surface area contributed by atoms with E-state index in [0.29, 0.717) is 17.7 Å². The van der Waals surface area contributed by atoms with Crippen molar-refractivity contribution in [1.82, 2.24) is 5.32 Å². The minimum atomic E-state index is -0.258. The van der Waals surface area contributed by atoms with E-state index >= 15 is 0 Å². The van der Waals surface area contributed by atoms with E-state index in [4.69, 9.17) is 4.74 Å². The molecule has 1 unspecified atom stereocenters. The van der Waals surface area contributed by atoms with Crippen LogP contribution in [0.2, 0.25) is 0 Å². The minimum absolute atomic E-state index is 0.0209. The first-order chi connectivity index (χ1) is 8.60. The number of phenolic OH excluding ortho intramolecular Hbond substituents is 1. The number of carbonyl (C=O) groups excluding carboxylic acids is 1. The number of para-hydroxylation sites is 1. The number of benzene rings is 1. The van der Waals surface area contributed by atoms with Crippen LogP contribution in [0.25, 0.3) is 0 Å². The lowest BCUT2D eigenvalue weighted by Gasteiger charge is -2.17. The van der Waals surface area contributed by atoms with Gasteiger partial charge in [0.25, 0.3) is 5.91 Å². The number of rotatable bonds is 6. The zero-order chi connectivity index (χ0) is 13.5. The molecule has 0 spiro atoms. The minimum Gasteiger partial charge on any atom is -0.507 e.